The van der Waals surface area contributed by atoms with E-state index in [-0.39, 0.29) is 5.91 Å². The third-order valence-corrected chi connectivity index (χ3v) is 3.31. The van der Waals surface area contributed by atoms with Gasteiger partial charge in [-0.25, -0.2) is 9.78 Å². The van der Waals surface area contributed by atoms with Gasteiger partial charge in [-0.1, -0.05) is 11.3 Å². The van der Waals surface area contributed by atoms with Crippen LogP contribution < -0.4 is 5.32 Å². The molecular weight excluding hydrogens is 268 g/mol. The number of aromatic nitrogens is 1. The van der Waals surface area contributed by atoms with Gasteiger partial charge in [-0.15, -0.1) is 0 Å². The van der Waals surface area contributed by atoms with E-state index in [1.807, 2.05) is 0 Å². The molecular formula is C12H12N2O4S. The number of thiazole rings is 1. The summed E-state index contributed by atoms with van der Waals surface area (Å²) in [5, 5.41) is 2.96. The zero-order valence-corrected chi connectivity index (χ0v) is 11.2. The van der Waals surface area contributed by atoms with Gasteiger partial charge in [-0.3, -0.25) is 10.1 Å². The highest BCUT2D eigenvalue weighted by Crippen LogP contribution is 2.23. The third-order valence-electron chi connectivity index (χ3n) is 2.26. The van der Waals surface area contributed by atoms with Crippen LogP contribution in [0.3, 0.4) is 0 Å². The van der Waals surface area contributed by atoms with Crippen molar-refractivity contribution in [3.63, 3.8) is 0 Å². The van der Waals surface area contributed by atoms with Crippen LogP contribution in [0.4, 0.5) is 5.13 Å². The van der Waals surface area contributed by atoms with Crippen molar-refractivity contribution in [1.82, 2.24) is 4.98 Å². The third kappa shape index (κ3) is 3.00. The molecule has 0 atom stereocenters. The zero-order valence-electron chi connectivity index (χ0n) is 10.4. The number of furan rings is 1. The molecule has 6 nitrogen and oxygen atoms in total. The Balaban J connectivity index is 2.12. The van der Waals surface area contributed by atoms with Crippen LogP contribution >= 0.6 is 11.3 Å². The lowest BCUT2D eigenvalue weighted by atomic mass is 10.3. The zero-order chi connectivity index (χ0) is 13.8. The number of anilines is 1. The Bertz CT molecular complexity index is 589. The second-order valence-corrected chi connectivity index (χ2v) is 4.62. The number of amides is 1. The van der Waals surface area contributed by atoms with Gasteiger partial charge >= 0.3 is 5.97 Å². The second-order valence-electron chi connectivity index (χ2n) is 3.62. The van der Waals surface area contributed by atoms with Gasteiger partial charge in [0.25, 0.3) is 5.91 Å². The van der Waals surface area contributed by atoms with Crippen LogP contribution in [0.25, 0.3) is 0 Å². The van der Waals surface area contributed by atoms with Crippen molar-refractivity contribution in [2.75, 3.05) is 11.9 Å². The van der Waals surface area contributed by atoms with Crippen LogP contribution in [0.5, 0.6) is 0 Å². The number of carbonyl (C=O) groups is 2. The van der Waals surface area contributed by atoms with E-state index in [2.05, 4.69) is 10.3 Å². The van der Waals surface area contributed by atoms with Gasteiger partial charge in [-0.2, -0.15) is 0 Å². The molecule has 2 heterocycles. The minimum absolute atomic E-state index is 0.298. The van der Waals surface area contributed by atoms with E-state index in [9.17, 15) is 9.59 Å². The number of nitrogens with zero attached hydrogens (tertiary/aromatic N) is 1. The topological polar surface area (TPSA) is 81.4 Å². The van der Waals surface area contributed by atoms with Crippen molar-refractivity contribution in [3.8, 4) is 0 Å². The molecule has 0 unspecified atom stereocenters. The summed E-state index contributed by atoms with van der Waals surface area (Å²) in [6, 6.07) is 1.54. The van der Waals surface area contributed by atoms with Crippen LogP contribution in [0.2, 0.25) is 0 Å². The fourth-order valence-electron chi connectivity index (χ4n) is 1.40. The number of carbonyl (C=O) groups excluding carboxylic acids is 2. The first-order valence-electron chi connectivity index (χ1n) is 5.60. The van der Waals surface area contributed by atoms with E-state index in [0.29, 0.717) is 27.9 Å². The average Bonchev–Trinajstić information content (AvgIpc) is 2.99. The monoisotopic (exact) mass is 280 g/mol. The maximum atomic E-state index is 11.8. The molecule has 0 aliphatic carbocycles. The van der Waals surface area contributed by atoms with Crippen molar-refractivity contribution < 1.29 is 18.7 Å². The van der Waals surface area contributed by atoms with Crippen molar-refractivity contribution in [2.24, 2.45) is 0 Å². The molecule has 0 saturated carbocycles. The molecule has 7 heteroatoms. The number of aryl methyl sites for hydroxylation is 1. The summed E-state index contributed by atoms with van der Waals surface area (Å²) in [5.74, 6) is -0.765. The highest BCUT2D eigenvalue weighted by molar-refractivity contribution is 7.17. The molecule has 2 aromatic heterocycles. The van der Waals surface area contributed by atoms with Gasteiger partial charge in [0, 0.05) is 0 Å². The molecule has 0 fully saturated rings. The fourth-order valence-corrected chi connectivity index (χ4v) is 2.25. The summed E-state index contributed by atoms with van der Waals surface area (Å²) in [6.45, 7) is 3.72. The lowest BCUT2D eigenvalue weighted by Gasteiger charge is -1.98. The molecule has 0 saturated heterocycles. The molecule has 0 aliphatic rings. The Morgan fingerprint density at radius 2 is 2.32 bits per heavy atom. The smallest absolute Gasteiger partial charge is 0.350 e. The minimum atomic E-state index is -0.429. The first kappa shape index (κ1) is 13.3. The van der Waals surface area contributed by atoms with Crippen LogP contribution in [-0.2, 0) is 4.74 Å². The lowest BCUT2D eigenvalue weighted by molar-refractivity contribution is 0.0531. The number of ether oxygens (including phenoxy) is 1. The summed E-state index contributed by atoms with van der Waals surface area (Å²) in [4.78, 5) is 27.9. The number of hydrogen-bond donors (Lipinski definition) is 1. The number of hydrogen-bond acceptors (Lipinski definition) is 6. The number of esters is 1. The van der Waals surface area contributed by atoms with Crippen LogP contribution in [0.1, 0.15) is 32.6 Å². The first-order chi connectivity index (χ1) is 9.11. The first-order valence-corrected chi connectivity index (χ1v) is 6.41. The molecule has 0 aliphatic heterocycles. The highest BCUT2D eigenvalue weighted by atomic mass is 32.1. The highest BCUT2D eigenvalue weighted by Gasteiger charge is 2.18. The van der Waals surface area contributed by atoms with Crippen molar-refractivity contribution >= 4 is 28.3 Å². The summed E-state index contributed by atoms with van der Waals surface area (Å²) in [5.41, 5.74) is 0.927. The summed E-state index contributed by atoms with van der Waals surface area (Å²) in [6.07, 6.45) is 2.74. The molecule has 1 N–H and O–H groups in total. The van der Waals surface area contributed by atoms with Gasteiger partial charge in [-0.05, 0) is 19.9 Å². The van der Waals surface area contributed by atoms with E-state index in [1.54, 1.807) is 19.9 Å². The van der Waals surface area contributed by atoms with Crippen LogP contribution in [0.15, 0.2) is 23.0 Å². The van der Waals surface area contributed by atoms with Gasteiger partial charge in [0.15, 0.2) is 5.13 Å². The normalized spacial score (nSPS) is 10.2. The Hall–Kier alpha value is -2.15. The molecule has 0 aromatic carbocycles. The SMILES string of the molecule is CCOC(=O)c1sc(NC(=O)c2ccoc2)nc1C. The maximum absolute atomic E-state index is 11.8. The maximum Gasteiger partial charge on any atom is 0.350 e. The minimum Gasteiger partial charge on any atom is -0.472 e. The van der Waals surface area contributed by atoms with Crippen molar-refractivity contribution in [2.45, 2.75) is 13.8 Å². The fraction of sp³-hybridized carbons (Fsp3) is 0.250. The molecule has 19 heavy (non-hydrogen) atoms. The Labute approximate surface area is 113 Å². The largest absolute Gasteiger partial charge is 0.472 e. The van der Waals surface area contributed by atoms with Gasteiger partial charge < -0.3 is 9.15 Å². The predicted octanol–water partition coefficient (Wildman–Crippen LogP) is 2.47. The van der Waals surface area contributed by atoms with Gasteiger partial charge in [0.2, 0.25) is 0 Å². The number of rotatable bonds is 4. The molecule has 0 radical (unpaired) electrons. The van der Waals surface area contributed by atoms with Gasteiger partial charge in [0.1, 0.15) is 11.1 Å². The average molecular weight is 280 g/mol. The molecule has 2 aromatic rings. The van der Waals surface area contributed by atoms with Gasteiger partial charge in [0.05, 0.1) is 24.1 Å². The molecule has 2 rings (SSSR count). The summed E-state index contributed by atoms with van der Waals surface area (Å²) < 4.78 is 9.72. The Kier molecular flexibility index (Phi) is 3.96. The van der Waals surface area contributed by atoms with Crippen LogP contribution in [-0.4, -0.2) is 23.5 Å². The van der Waals surface area contributed by atoms with Crippen molar-refractivity contribution in [1.29, 1.82) is 0 Å². The van der Waals surface area contributed by atoms with E-state index < -0.39 is 5.97 Å². The summed E-state index contributed by atoms with van der Waals surface area (Å²) >= 11 is 1.08. The standard InChI is InChI=1S/C12H12N2O4S/c1-3-18-11(16)9-7(2)13-12(19-9)14-10(15)8-4-5-17-6-8/h4-6H,3H2,1-2H3,(H,13,14,15). The molecule has 100 valence electrons. The Morgan fingerprint density at radius 1 is 1.53 bits per heavy atom. The van der Waals surface area contributed by atoms with E-state index in [0.717, 1.165) is 11.3 Å². The lowest BCUT2D eigenvalue weighted by Crippen LogP contribution is -2.10. The molecule has 0 spiro atoms. The van der Waals surface area contributed by atoms with E-state index in [4.69, 9.17) is 9.15 Å². The van der Waals surface area contributed by atoms with E-state index >= 15 is 0 Å². The van der Waals surface area contributed by atoms with E-state index in [1.165, 1.54) is 12.5 Å². The predicted molar refractivity (Wildman–Crippen MR) is 69.5 cm³/mol. The van der Waals surface area contributed by atoms with Crippen LogP contribution in [0, 0.1) is 6.92 Å². The summed E-state index contributed by atoms with van der Waals surface area (Å²) in [7, 11) is 0. The second kappa shape index (κ2) is 5.66. The van der Waals surface area contributed by atoms with Crippen molar-refractivity contribution in [3.05, 3.63) is 34.7 Å². The molecule has 0 bridgehead atoms. The Morgan fingerprint density at radius 3 is 2.95 bits per heavy atom. The number of nitrogens with one attached hydrogen (secondary N) is 1. The molecule has 1 amide bonds. The quantitative estimate of drug-likeness (QED) is 0.870.